The Hall–Kier alpha value is -0.830. The minimum absolute atomic E-state index is 0. The van der Waals surface area contributed by atoms with Crippen molar-refractivity contribution < 1.29 is 8.42 Å². The molecule has 1 saturated heterocycles. The maximum absolute atomic E-state index is 11.3. The second kappa shape index (κ2) is 7.82. The molecule has 2 rings (SSSR count). The van der Waals surface area contributed by atoms with Gasteiger partial charge in [-0.1, -0.05) is 38.1 Å². The van der Waals surface area contributed by atoms with E-state index in [1.807, 2.05) is 24.3 Å². The first-order valence-corrected chi connectivity index (χ1v) is 10.3. The predicted molar refractivity (Wildman–Crippen MR) is 115 cm³/mol. The Kier molecular flexibility index (Phi) is 6.94. The first-order chi connectivity index (χ1) is 11.0. The fourth-order valence-corrected chi connectivity index (χ4v) is 3.73. The molecule has 0 spiro atoms. The van der Waals surface area contributed by atoms with Crippen LogP contribution in [-0.2, 0) is 22.1 Å². The molecule has 0 atom stereocenters. The molecule has 0 unspecified atom stereocenters. The van der Waals surface area contributed by atoms with Crippen molar-refractivity contribution in [3.05, 3.63) is 35.4 Å². The molecule has 142 valence electrons. The first-order valence-electron chi connectivity index (χ1n) is 8.20. The fraction of sp³-hybridized carbons (Fsp3) is 0.611. The molecular formula is C18H30IN3O2S. The number of halogens is 1. The van der Waals surface area contributed by atoms with E-state index in [1.165, 1.54) is 6.26 Å². The average Bonchev–Trinajstić information content (AvgIpc) is 2.46. The Morgan fingerprint density at radius 2 is 1.68 bits per heavy atom. The highest BCUT2D eigenvalue weighted by atomic mass is 127. The SMILES string of the molecule is CN=C(NCc1ccc(CS(C)(=O)=O)cc1)N1CC(C)(C)C1(C)C.I. The number of benzene rings is 1. The lowest BCUT2D eigenvalue weighted by atomic mass is 9.65. The van der Waals surface area contributed by atoms with E-state index < -0.39 is 9.84 Å². The van der Waals surface area contributed by atoms with Gasteiger partial charge in [0.25, 0.3) is 0 Å². The number of aliphatic imine (C=N–C) groups is 1. The van der Waals surface area contributed by atoms with Gasteiger partial charge in [0.05, 0.1) is 5.75 Å². The predicted octanol–water partition coefficient (Wildman–Crippen LogP) is 3.05. The van der Waals surface area contributed by atoms with Crippen LogP contribution in [0.5, 0.6) is 0 Å². The Morgan fingerprint density at radius 3 is 2.08 bits per heavy atom. The van der Waals surface area contributed by atoms with Gasteiger partial charge in [-0.3, -0.25) is 4.99 Å². The van der Waals surface area contributed by atoms with Gasteiger partial charge in [0.1, 0.15) is 0 Å². The molecule has 1 aromatic rings. The van der Waals surface area contributed by atoms with Crippen LogP contribution in [0.25, 0.3) is 0 Å². The van der Waals surface area contributed by atoms with Crippen LogP contribution >= 0.6 is 24.0 Å². The molecule has 1 heterocycles. The lowest BCUT2D eigenvalue weighted by Gasteiger charge is -2.62. The lowest BCUT2D eigenvalue weighted by Crippen LogP contribution is -2.72. The number of rotatable bonds is 4. The monoisotopic (exact) mass is 479 g/mol. The van der Waals surface area contributed by atoms with E-state index in [0.29, 0.717) is 6.54 Å². The second-order valence-corrected chi connectivity index (χ2v) is 9.96. The smallest absolute Gasteiger partial charge is 0.194 e. The van der Waals surface area contributed by atoms with Crippen LogP contribution in [0.1, 0.15) is 38.8 Å². The van der Waals surface area contributed by atoms with Gasteiger partial charge in [0, 0.05) is 37.3 Å². The van der Waals surface area contributed by atoms with Gasteiger partial charge < -0.3 is 10.2 Å². The van der Waals surface area contributed by atoms with Gasteiger partial charge >= 0.3 is 0 Å². The van der Waals surface area contributed by atoms with Crippen molar-refractivity contribution in [2.45, 2.75) is 45.5 Å². The molecule has 25 heavy (non-hydrogen) atoms. The highest BCUT2D eigenvalue weighted by Gasteiger charge is 2.53. The van der Waals surface area contributed by atoms with E-state index in [1.54, 1.807) is 7.05 Å². The molecule has 1 fully saturated rings. The summed E-state index contributed by atoms with van der Waals surface area (Å²) in [5.41, 5.74) is 2.24. The van der Waals surface area contributed by atoms with Crippen molar-refractivity contribution >= 4 is 39.8 Å². The van der Waals surface area contributed by atoms with Crippen molar-refractivity contribution in [2.24, 2.45) is 10.4 Å². The normalized spacial score (nSPS) is 19.0. The summed E-state index contributed by atoms with van der Waals surface area (Å²) in [4.78, 5) is 6.70. The minimum atomic E-state index is -2.99. The summed E-state index contributed by atoms with van der Waals surface area (Å²) in [6.07, 6.45) is 1.25. The van der Waals surface area contributed by atoms with E-state index >= 15 is 0 Å². The molecule has 7 heteroatoms. The van der Waals surface area contributed by atoms with Gasteiger partial charge in [-0.2, -0.15) is 0 Å². The third kappa shape index (κ3) is 5.09. The molecule has 5 nitrogen and oxygen atoms in total. The highest BCUT2D eigenvalue weighted by Crippen LogP contribution is 2.46. The van der Waals surface area contributed by atoms with Gasteiger partial charge in [-0.25, -0.2) is 8.42 Å². The molecule has 1 aliphatic rings. The zero-order valence-corrected chi connectivity index (χ0v) is 19.1. The van der Waals surface area contributed by atoms with Crippen LogP contribution < -0.4 is 5.32 Å². The van der Waals surface area contributed by atoms with Gasteiger partial charge in [-0.15, -0.1) is 24.0 Å². The molecular weight excluding hydrogens is 449 g/mol. The molecule has 0 saturated carbocycles. The first kappa shape index (κ1) is 22.2. The molecule has 0 radical (unpaired) electrons. The third-order valence-electron chi connectivity index (χ3n) is 5.25. The van der Waals surface area contributed by atoms with Gasteiger partial charge in [-0.05, 0) is 25.0 Å². The number of sulfone groups is 1. The molecule has 0 amide bonds. The molecule has 0 aromatic heterocycles. The van der Waals surface area contributed by atoms with E-state index in [2.05, 4.69) is 42.9 Å². The number of nitrogens with one attached hydrogen (secondary N) is 1. The summed E-state index contributed by atoms with van der Waals surface area (Å²) >= 11 is 0. The second-order valence-electron chi connectivity index (χ2n) is 7.82. The zero-order valence-electron chi connectivity index (χ0n) is 16.0. The van der Waals surface area contributed by atoms with E-state index in [-0.39, 0.29) is 40.7 Å². The summed E-state index contributed by atoms with van der Waals surface area (Å²) < 4.78 is 22.7. The quantitative estimate of drug-likeness (QED) is 0.410. The summed E-state index contributed by atoms with van der Waals surface area (Å²) in [5, 5.41) is 3.41. The molecule has 1 N–H and O–H groups in total. The number of hydrogen-bond donors (Lipinski definition) is 1. The summed E-state index contributed by atoms with van der Waals surface area (Å²) in [7, 11) is -1.19. The van der Waals surface area contributed by atoms with Gasteiger partial charge in [0.15, 0.2) is 15.8 Å². The van der Waals surface area contributed by atoms with Crippen molar-refractivity contribution in [1.29, 1.82) is 0 Å². The fourth-order valence-electron chi connectivity index (χ4n) is 2.93. The van der Waals surface area contributed by atoms with Crippen LogP contribution in [0.2, 0.25) is 0 Å². The van der Waals surface area contributed by atoms with Gasteiger partial charge in [0.2, 0.25) is 0 Å². The molecule has 1 aliphatic heterocycles. The van der Waals surface area contributed by atoms with Crippen LogP contribution in [-0.4, -0.2) is 44.7 Å². The third-order valence-corrected chi connectivity index (χ3v) is 6.11. The number of likely N-dealkylation sites (tertiary alicyclic amines) is 1. The van der Waals surface area contributed by atoms with Crippen LogP contribution in [0, 0.1) is 5.41 Å². The standard InChI is InChI=1S/C18H29N3O2S.HI/c1-17(2)13-21(18(17,3)4)16(19-5)20-11-14-7-9-15(10-8-14)12-24(6,22)23;/h7-10H,11-13H2,1-6H3,(H,19,20);1H. The Morgan fingerprint density at radius 1 is 1.16 bits per heavy atom. The lowest BCUT2D eigenvalue weighted by molar-refractivity contribution is -0.0667. The van der Waals surface area contributed by atoms with Crippen molar-refractivity contribution in [3.63, 3.8) is 0 Å². The van der Waals surface area contributed by atoms with E-state index in [9.17, 15) is 8.42 Å². The van der Waals surface area contributed by atoms with Crippen molar-refractivity contribution in [3.8, 4) is 0 Å². The van der Waals surface area contributed by atoms with Crippen LogP contribution in [0.15, 0.2) is 29.3 Å². The summed E-state index contributed by atoms with van der Waals surface area (Å²) in [6, 6.07) is 7.67. The maximum Gasteiger partial charge on any atom is 0.194 e. The summed E-state index contributed by atoms with van der Waals surface area (Å²) in [6.45, 7) is 10.7. The maximum atomic E-state index is 11.3. The van der Waals surface area contributed by atoms with Crippen LogP contribution in [0.4, 0.5) is 0 Å². The van der Waals surface area contributed by atoms with Crippen LogP contribution in [0.3, 0.4) is 0 Å². The summed E-state index contributed by atoms with van der Waals surface area (Å²) in [5.74, 6) is 0.985. The minimum Gasteiger partial charge on any atom is -0.352 e. The highest BCUT2D eigenvalue weighted by molar-refractivity contribution is 14.0. The molecule has 1 aromatic carbocycles. The van der Waals surface area contributed by atoms with Crippen molar-refractivity contribution in [2.75, 3.05) is 19.8 Å². The molecule has 0 bridgehead atoms. The largest absolute Gasteiger partial charge is 0.352 e. The number of nitrogens with zero attached hydrogens (tertiary/aromatic N) is 2. The Bertz CT molecular complexity index is 725. The Labute approximate surface area is 169 Å². The number of guanidine groups is 1. The van der Waals surface area contributed by atoms with E-state index in [4.69, 9.17) is 0 Å². The zero-order chi connectivity index (χ0) is 18.2. The average molecular weight is 479 g/mol. The Balaban J connectivity index is 0.00000312. The topological polar surface area (TPSA) is 61.8 Å². The molecule has 0 aliphatic carbocycles. The number of hydrogen-bond acceptors (Lipinski definition) is 3. The van der Waals surface area contributed by atoms with E-state index in [0.717, 1.165) is 23.6 Å². The van der Waals surface area contributed by atoms with Crippen molar-refractivity contribution in [1.82, 2.24) is 10.2 Å².